The fourth-order valence-corrected chi connectivity index (χ4v) is 0.986. The first-order valence-electron chi connectivity index (χ1n) is 3.42. The molecular weight excluding hydrogens is 136 g/mol. The quantitative estimate of drug-likeness (QED) is 0.648. The summed E-state index contributed by atoms with van der Waals surface area (Å²) in [5, 5.41) is 0. The van der Waals surface area contributed by atoms with Crippen molar-refractivity contribution in [2.45, 2.75) is 0 Å². The summed E-state index contributed by atoms with van der Waals surface area (Å²) in [5.41, 5.74) is 2.22. The predicted molar refractivity (Wildman–Crippen MR) is 42.9 cm³/mol. The minimum absolute atomic E-state index is 1.08. The van der Waals surface area contributed by atoms with Crippen LogP contribution in [0.5, 0.6) is 0 Å². The number of nitrogens with zero attached hydrogens (tertiary/aromatic N) is 1. The van der Waals surface area contributed by atoms with E-state index in [1.807, 2.05) is 24.3 Å². The maximum atomic E-state index is 3.93. The van der Waals surface area contributed by atoms with Gasteiger partial charge in [-0.3, -0.25) is 4.98 Å². The first kappa shape index (κ1) is 6.16. The van der Waals surface area contributed by atoms with Gasteiger partial charge in [0.2, 0.25) is 0 Å². The van der Waals surface area contributed by atoms with Crippen LogP contribution in [0.15, 0.2) is 36.7 Å². The Morgan fingerprint density at radius 2 is 2.00 bits per heavy atom. The van der Waals surface area contributed by atoms with Crippen LogP contribution in [0.2, 0.25) is 0 Å². The number of nitrogens with one attached hydrogen (secondary N) is 1. The molecule has 2 rings (SSSR count). The highest BCUT2D eigenvalue weighted by molar-refractivity contribution is 5.57. The Kier molecular flexibility index (Phi) is 1.44. The molecule has 0 aromatic carbocycles. The second-order valence-corrected chi connectivity index (χ2v) is 2.25. The summed E-state index contributed by atoms with van der Waals surface area (Å²) in [5.74, 6) is 0. The van der Waals surface area contributed by atoms with Crippen LogP contribution in [0.25, 0.3) is 11.3 Å². The van der Waals surface area contributed by atoms with Gasteiger partial charge in [-0.15, -0.1) is 0 Å². The van der Waals surface area contributed by atoms with Gasteiger partial charge >= 0.3 is 0 Å². The van der Waals surface area contributed by atoms with Crippen LogP contribution in [0, 0.1) is 6.20 Å². The standard InChI is InChI=1S/C9H7N2/c1-2-9(11-5-1)8-3-6-10-7-4-8/h1-4,6-7,11H. The lowest BCUT2D eigenvalue weighted by Crippen LogP contribution is -1.76. The minimum atomic E-state index is 1.08. The Morgan fingerprint density at radius 3 is 2.64 bits per heavy atom. The smallest absolute Gasteiger partial charge is 0.0624 e. The molecule has 2 aromatic rings. The van der Waals surface area contributed by atoms with Gasteiger partial charge in [0.05, 0.1) is 6.20 Å². The van der Waals surface area contributed by atoms with Gasteiger partial charge in [-0.1, -0.05) is 0 Å². The molecule has 0 amide bonds. The fourth-order valence-electron chi connectivity index (χ4n) is 0.986. The van der Waals surface area contributed by atoms with Gasteiger partial charge in [-0.25, -0.2) is 0 Å². The molecule has 0 spiro atoms. The van der Waals surface area contributed by atoms with Crippen molar-refractivity contribution in [3.8, 4) is 11.3 Å². The summed E-state index contributed by atoms with van der Waals surface area (Å²) < 4.78 is 0. The Bertz CT molecular complexity index is 311. The molecule has 2 heteroatoms. The van der Waals surface area contributed by atoms with E-state index in [1.54, 1.807) is 12.4 Å². The molecule has 1 N–H and O–H groups in total. The maximum absolute atomic E-state index is 3.93. The molecule has 2 aromatic heterocycles. The van der Waals surface area contributed by atoms with Gasteiger partial charge in [-0.05, 0) is 24.3 Å². The van der Waals surface area contributed by atoms with Crippen molar-refractivity contribution >= 4 is 0 Å². The third kappa shape index (κ3) is 1.15. The zero-order valence-electron chi connectivity index (χ0n) is 5.91. The van der Waals surface area contributed by atoms with Crippen LogP contribution < -0.4 is 0 Å². The van der Waals surface area contributed by atoms with E-state index >= 15 is 0 Å². The van der Waals surface area contributed by atoms with Crippen molar-refractivity contribution in [2.24, 2.45) is 0 Å². The van der Waals surface area contributed by atoms with Crippen LogP contribution in [0.3, 0.4) is 0 Å². The molecule has 0 aliphatic rings. The fraction of sp³-hybridized carbons (Fsp3) is 0. The van der Waals surface area contributed by atoms with Crippen molar-refractivity contribution < 1.29 is 0 Å². The second kappa shape index (κ2) is 2.58. The molecule has 2 heterocycles. The summed E-state index contributed by atoms with van der Waals surface area (Å²) in [6, 6.07) is 7.75. The van der Waals surface area contributed by atoms with Gasteiger partial charge in [0.1, 0.15) is 0 Å². The molecule has 0 fully saturated rings. The van der Waals surface area contributed by atoms with E-state index in [2.05, 4.69) is 16.2 Å². The summed E-state index contributed by atoms with van der Waals surface area (Å²) in [6.07, 6.45) is 6.43. The summed E-state index contributed by atoms with van der Waals surface area (Å²) >= 11 is 0. The highest BCUT2D eigenvalue weighted by Gasteiger charge is 1.93. The largest absolute Gasteiger partial charge is 0.353 e. The number of rotatable bonds is 1. The van der Waals surface area contributed by atoms with Crippen LogP contribution in [0.4, 0.5) is 0 Å². The van der Waals surface area contributed by atoms with Crippen molar-refractivity contribution in [1.82, 2.24) is 9.97 Å². The number of aromatic nitrogens is 2. The lowest BCUT2D eigenvalue weighted by atomic mass is 10.2. The molecule has 0 saturated heterocycles. The van der Waals surface area contributed by atoms with Gasteiger partial charge in [-0.2, -0.15) is 0 Å². The van der Waals surface area contributed by atoms with Gasteiger partial charge in [0, 0.05) is 23.7 Å². The van der Waals surface area contributed by atoms with E-state index in [9.17, 15) is 0 Å². The minimum Gasteiger partial charge on any atom is -0.353 e. The summed E-state index contributed by atoms with van der Waals surface area (Å²) in [7, 11) is 0. The van der Waals surface area contributed by atoms with E-state index in [1.165, 1.54) is 0 Å². The van der Waals surface area contributed by atoms with Crippen LogP contribution in [0.1, 0.15) is 0 Å². The Balaban J connectivity index is 2.46. The predicted octanol–water partition coefficient (Wildman–Crippen LogP) is 1.88. The highest BCUT2D eigenvalue weighted by atomic mass is 14.7. The normalized spacial score (nSPS) is 9.82. The van der Waals surface area contributed by atoms with Crippen LogP contribution in [-0.4, -0.2) is 9.97 Å². The van der Waals surface area contributed by atoms with Crippen LogP contribution >= 0.6 is 0 Å². The Hall–Kier alpha value is -1.57. The number of pyridine rings is 1. The lowest BCUT2D eigenvalue weighted by molar-refractivity contribution is 1.31. The Morgan fingerprint density at radius 1 is 1.18 bits per heavy atom. The molecule has 0 saturated carbocycles. The number of hydrogen-bond donors (Lipinski definition) is 1. The summed E-state index contributed by atoms with van der Waals surface area (Å²) in [4.78, 5) is 6.93. The molecule has 0 atom stereocenters. The lowest BCUT2D eigenvalue weighted by Gasteiger charge is -1.93. The third-order valence-corrected chi connectivity index (χ3v) is 1.53. The number of aromatic amines is 1. The van der Waals surface area contributed by atoms with E-state index in [0.29, 0.717) is 0 Å². The molecule has 0 bridgehead atoms. The molecule has 11 heavy (non-hydrogen) atoms. The second-order valence-electron chi connectivity index (χ2n) is 2.25. The van der Waals surface area contributed by atoms with E-state index < -0.39 is 0 Å². The van der Waals surface area contributed by atoms with E-state index in [-0.39, 0.29) is 0 Å². The van der Waals surface area contributed by atoms with Gasteiger partial charge < -0.3 is 4.98 Å². The molecule has 0 aliphatic carbocycles. The molecular formula is C9H7N2. The first-order valence-corrected chi connectivity index (χ1v) is 3.42. The average Bonchev–Trinajstić information content (AvgIpc) is 2.58. The average molecular weight is 143 g/mol. The molecule has 53 valence electrons. The van der Waals surface area contributed by atoms with Crippen LogP contribution in [-0.2, 0) is 0 Å². The topological polar surface area (TPSA) is 28.7 Å². The van der Waals surface area contributed by atoms with Gasteiger partial charge in [0.25, 0.3) is 0 Å². The monoisotopic (exact) mass is 143 g/mol. The Labute approximate surface area is 64.9 Å². The van der Waals surface area contributed by atoms with E-state index in [4.69, 9.17) is 0 Å². The molecule has 2 nitrogen and oxygen atoms in total. The highest BCUT2D eigenvalue weighted by Crippen LogP contribution is 2.13. The zero-order valence-corrected chi connectivity index (χ0v) is 5.91. The molecule has 0 aliphatic heterocycles. The molecule has 0 unspecified atom stereocenters. The van der Waals surface area contributed by atoms with Crippen molar-refractivity contribution in [2.75, 3.05) is 0 Å². The third-order valence-electron chi connectivity index (χ3n) is 1.53. The first-order chi connectivity index (χ1) is 5.47. The maximum Gasteiger partial charge on any atom is 0.0624 e. The summed E-state index contributed by atoms with van der Waals surface area (Å²) in [6.45, 7) is 0. The van der Waals surface area contributed by atoms with Crippen molar-refractivity contribution in [3.05, 3.63) is 42.9 Å². The zero-order chi connectivity index (χ0) is 7.52. The van der Waals surface area contributed by atoms with Crippen molar-refractivity contribution in [3.63, 3.8) is 0 Å². The van der Waals surface area contributed by atoms with E-state index in [0.717, 1.165) is 11.3 Å². The molecule has 1 radical (unpaired) electrons. The number of hydrogen-bond acceptors (Lipinski definition) is 1. The SMILES string of the molecule is [c]1ccc(-c2ccncc2)[nH]1. The number of H-pyrrole nitrogens is 1. The van der Waals surface area contributed by atoms with Crippen molar-refractivity contribution in [1.29, 1.82) is 0 Å². The van der Waals surface area contributed by atoms with Gasteiger partial charge in [0.15, 0.2) is 0 Å².